The molecule has 3 nitrogen and oxygen atoms in total. The van der Waals surface area contributed by atoms with Crippen LogP contribution in [0.25, 0.3) is 11.3 Å². The van der Waals surface area contributed by atoms with Crippen LogP contribution in [0.4, 0.5) is 10.3 Å². The molecule has 0 radical (unpaired) electrons. The van der Waals surface area contributed by atoms with Crippen molar-refractivity contribution < 1.29 is 8.91 Å². The van der Waals surface area contributed by atoms with Crippen molar-refractivity contribution in [2.45, 2.75) is 0 Å². The zero-order valence-electron chi connectivity index (χ0n) is 7.00. The molecular formula is C9H6ClFN2O. The molecule has 2 rings (SSSR count). The quantitative estimate of drug-likeness (QED) is 0.791. The van der Waals surface area contributed by atoms with Gasteiger partial charge >= 0.3 is 0 Å². The molecule has 0 saturated carbocycles. The number of hydrogen-bond donors (Lipinski definition) is 1. The van der Waals surface area contributed by atoms with Crippen molar-refractivity contribution in [1.29, 1.82) is 0 Å². The summed E-state index contributed by atoms with van der Waals surface area (Å²) in [6.45, 7) is 0. The molecule has 0 atom stereocenters. The molecule has 0 unspecified atom stereocenters. The van der Waals surface area contributed by atoms with Crippen molar-refractivity contribution in [2.75, 3.05) is 5.73 Å². The molecule has 0 spiro atoms. The molecule has 1 aromatic heterocycles. The molecular weight excluding hydrogens is 207 g/mol. The van der Waals surface area contributed by atoms with E-state index in [0.29, 0.717) is 10.7 Å². The molecule has 0 fully saturated rings. The van der Waals surface area contributed by atoms with E-state index in [4.69, 9.17) is 17.3 Å². The first-order valence-electron chi connectivity index (χ1n) is 3.84. The summed E-state index contributed by atoms with van der Waals surface area (Å²) < 4.78 is 17.9. The van der Waals surface area contributed by atoms with Gasteiger partial charge in [-0.1, -0.05) is 16.8 Å². The normalized spacial score (nSPS) is 10.4. The van der Waals surface area contributed by atoms with Crippen LogP contribution in [-0.4, -0.2) is 5.16 Å². The molecule has 2 aromatic rings. The monoisotopic (exact) mass is 212 g/mol. The van der Waals surface area contributed by atoms with Gasteiger partial charge in [-0.3, -0.25) is 0 Å². The predicted molar refractivity (Wildman–Crippen MR) is 51.3 cm³/mol. The van der Waals surface area contributed by atoms with Gasteiger partial charge in [0.1, 0.15) is 11.5 Å². The Balaban J connectivity index is 2.55. The second kappa shape index (κ2) is 3.31. The Kier molecular flexibility index (Phi) is 2.13. The number of aromatic nitrogens is 1. The largest absolute Gasteiger partial charge is 0.368 e. The predicted octanol–water partition coefficient (Wildman–Crippen LogP) is 2.72. The van der Waals surface area contributed by atoms with E-state index in [0.717, 1.165) is 0 Å². The van der Waals surface area contributed by atoms with Gasteiger partial charge in [0.05, 0.1) is 0 Å². The molecule has 72 valence electrons. The van der Waals surface area contributed by atoms with Gasteiger partial charge in [0.2, 0.25) is 5.88 Å². The van der Waals surface area contributed by atoms with Crippen LogP contribution >= 0.6 is 11.6 Å². The molecule has 0 aliphatic rings. The summed E-state index contributed by atoms with van der Waals surface area (Å²) in [6.07, 6.45) is 0. The summed E-state index contributed by atoms with van der Waals surface area (Å²) in [5.41, 5.74) is 5.93. The number of nitrogens with two attached hydrogens (primary N) is 1. The topological polar surface area (TPSA) is 52.0 Å². The summed E-state index contributed by atoms with van der Waals surface area (Å²) in [4.78, 5) is 0. The molecule has 2 N–H and O–H groups in total. The van der Waals surface area contributed by atoms with E-state index >= 15 is 0 Å². The maximum atomic E-state index is 13.3. The molecule has 1 aromatic carbocycles. The molecule has 5 heteroatoms. The van der Waals surface area contributed by atoms with Gasteiger partial charge in [0.15, 0.2) is 0 Å². The highest BCUT2D eigenvalue weighted by Crippen LogP contribution is 2.26. The summed E-state index contributed by atoms with van der Waals surface area (Å²) >= 11 is 5.72. The number of halogens is 2. The maximum Gasteiger partial charge on any atom is 0.222 e. The van der Waals surface area contributed by atoms with Gasteiger partial charge < -0.3 is 10.3 Å². The van der Waals surface area contributed by atoms with Crippen LogP contribution in [0, 0.1) is 5.82 Å². The van der Waals surface area contributed by atoms with Crippen molar-refractivity contribution in [3.63, 3.8) is 0 Å². The third-order valence-corrected chi connectivity index (χ3v) is 1.97. The van der Waals surface area contributed by atoms with E-state index in [2.05, 4.69) is 9.68 Å². The molecule has 1 heterocycles. The lowest BCUT2D eigenvalue weighted by atomic mass is 10.1. The van der Waals surface area contributed by atoms with Crippen LogP contribution in [-0.2, 0) is 0 Å². The summed E-state index contributed by atoms with van der Waals surface area (Å²) in [7, 11) is 0. The SMILES string of the molecule is Nc1cc(-c2cc(Cl)ccc2F)no1. The Morgan fingerprint density at radius 3 is 2.79 bits per heavy atom. The molecule has 0 aliphatic heterocycles. The van der Waals surface area contributed by atoms with Crippen LogP contribution in [0.5, 0.6) is 0 Å². The van der Waals surface area contributed by atoms with Gasteiger partial charge in [-0.25, -0.2) is 4.39 Å². The minimum absolute atomic E-state index is 0.138. The Morgan fingerprint density at radius 2 is 2.14 bits per heavy atom. The van der Waals surface area contributed by atoms with Crippen molar-refractivity contribution in [3.8, 4) is 11.3 Å². The van der Waals surface area contributed by atoms with E-state index in [1.165, 1.54) is 24.3 Å². The van der Waals surface area contributed by atoms with E-state index in [1.807, 2.05) is 0 Å². The molecule has 0 saturated heterocycles. The lowest BCUT2D eigenvalue weighted by molar-refractivity contribution is 0.438. The number of benzene rings is 1. The Bertz CT molecular complexity index is 470. The van der Waals surface area contributed by atoms with Gasteiger partial charge in [-0.05, 0) is 18.2 Å². The van der Waals surface area contributed by atoms with E-state index in [-0.39, 0.29) is 11.4 Å². The van der Waals surface area contributed by atoms with Crippen molar-refractivity contribution in [3.05, 3.63) is 35.1 Å². The highest BCUT2D eigenvalue weighted by atomic mass is 35.5. The van der Waals surface area contributed by atoms with Crippen molar-refractivity contribution in [1.82, 2.24) is 5.16 Å². The standard InChI is InChI=1S/C9H6ClFN2O/c10-5-1-2-7(11)6(3-5)8-4-9(12)14-13-8/h1-4H,12H2. The highest BCUT2D eigenvalue weighted by Gasteiger charge is 2.09. The molecule has 14 heavy (non-hydrogen) atoms. The van der Waals surface area contributed by atoms with Crippen LogP contribution in [0.15, 0.2) is 28.8 Å². The summed E-state index contributed by atoms with van der Waals surface area (Å²) in [6, 6.07) is 5.63. The number of anilines is 1. The average Bonchev–Trinajstić information content (AvgIpc) is 2.56. The van der Waals surface area contributed by atoms with Gasteiger partial charge in [-0.15, -0.1) is 0 Å². The molecule has 0 bridgehead atoms. The average molecular weight is 213 g/mol. The van der Waals surface area contributed by atoms with Crippen LogP contribution in [0.3, 0.4) is 0 Å². The first kappa shape index (κ1) is 9.02. The number of nitrogen functional groups attached to an aromatic ring is 1. The number of hydrogen-bond acceptors (Lipinski definition) is 3. The van der Waals surface area contributed by atoms with Gasteiger partial charge in [0.25, 0.3) is 0 Å². The van der Waals surface area contributed by atoms with Gasteiger partial charge in [-0.2, -0.15) is 0 Å². The Morgan fingerprint density at radius 1 is 1.36 bits per heavy atom. The van der Waals surface area contributed by atoms with Crippen LogP contribution < -0.4 is 5.73 Å². The Labute approximate surface area is 84.3 Å². The van der Waals surface area contributed by atoms with E-state index in [1.54, 1.807) is 0 Å². The first-order valence-corrected chi connectivity index (χ1v) is 4.22. The van der Waals surface area contributed by atoms with Crippen molar-refractivity contribution in [2.24, 2.45) is 0 Å². The summed E-state index contributed by atoms with van der Waals surface area (Å²) in [5, 5.41) is 4.02. The zero-order chi connectivity index (χ0) is 10.1. The lowest BCUT2D eigenvalue weighted by Gasteiger charge is -1.97. The lowest BCUT2D eigenvalue weighted by Crippen LogP contribution is -1.83. The highest BCUT2D eigenvalue weighted by molar-refractivity contribution is 6.30. The smallest absolute Gasteiger partial charge is 0.222 e. The molecule has 0 amide bonds. The van der Waals surface area contributed by atoms with E-state index in [9.17, 15) is 4.39 Å². The second-order valence-corrected chi connectivity index (χ2v) is 3.18. The summed E-state index contributed by atoms with van der Waals surface area (Å²) in [5.74, 6) is -0.276. The minimum Gasteiger partial charge on any atom is -0.368 e. The first-order chi connectivity index (χ1) is 6.66. The second-order valence-electron chi connectivity index (χ2n) is 2.74. The Hall–Kier alpha value is -1.55. The van der Waals surface area contributed by atoms with E-state index < -0.39 is 5.82 Å². The zero-order valence-corrected chi connectivity index (χ0v) is 7.75. The third-order valence-electron chi connectivity index (χ3n) is 1.73. The maximum absolute atomic E-state index is 13.3. The number of nitrogens with zero attached hydrogens (tertiary/aromatic N) is 1. The number of rotatable bonds is 1. The van der Waals surface area contributed by atoms with Crippen LogP contribution in [0.2, 0.25) is 5.02 Å². The van der Waals surface area contributed by atoms with Crippen LogP contribution in [0.1, 0.15) is 0 Å². The fourth-order valence-corrected chi connectivity index (χ4v) is 1.28. The fourth-order valence-electron chi connectivity index (χ4n) is 1.11. The fraction of sp³-hybridized carbons (Fsp3) is 0. The van der Waals surface area contributed by atoms with Crippen molar-refractivity contribution >= 4 is 17.5 Å². The minimum atomic E-state index is -0.414. The van der Waals surface area contributed by atoms with Gasteiger partial charge in [0, 0.05) is 16.7 Å². The molecule has 0 aliphatic carbocycles. The third kappa shape index (κ3) is 1.56.